The van der Waals surface area contributed by atoms with Crippen LogP contribution in [0.25, 0.3) is 0 Å². The number of nitrogens with zero attached hydrogens (tertiary/aromatic N) is 4. The molecule has 1 aliphatic heterocycles. The molecule has 1 N–H and O–H groups in total. The van der Waals surface area contributed by atoms with Gasteiger partial charge in [0.2, 0.25) is 0 Å². The van der Waals surface area contributed by atoms with E-state index in [0.29, 0.717) is 12.5 Å². The fourth-order valence-electron chi connectivity index (χ4n) is 4.04. The molecule has 1 aromatic carbocycles. The normalized spacial score (nSPS) is 20.8. The minimum absolute atomic E-state index is 0. The molecule has 1 saturated carbocycles. The van der Waals surface area contributed by atoms with E-state index in [4.69, 9.17) is 4.99 Å². The summed E-state index contributed by atoms with van der Waals surface area (Å²) in [5, 5.41) is 7.75. The molecular formula is C21H29FIN5. The van der Waals surface area contributed by atoms with Crippen molar-refractivity contribution in [2.45, 2.75) is 37.5 Å². The number of guanidine groups is 1. The van der Waals surface area contributed by atoms with E-state index in [1.165, 1.54) is 11.6 Å². The molecule has 4 rings (SSSR count). The number of hydrogen-bond donors (Lipinski definition) is 1. The van der Waals surface area contributed by atoms with Gasteiger partial charge in [-0.1, -0.05) is 12.1 Å². The van der Waals surface area contributed by atoms with Crippen molar-refractivity contribution in [3.8, 4) is 0 Å². The van der Waals surface area contributed by atoms with Gasteiger partial charge in [0.1, 0.15) is 5.82 Å². The van der Waals surface area contributed by atoms with Crippen LogP contribution in [0.4, 0.5) is 4.39 Å². The lowest BCUT2D eigenvalue weighted by molar-refractivity contribution is 0.483. The Bertz CT molecular complexity index is 830. The topological polar surface area (TPSA) is 45.5 Å². The first kappa shape index (κ1) is 21.1. The van der Waals surface area contributed by atoms with E-state index >= 15 is 0 Å². The lowest BCUT2D eigenvalue weighted by Gasteiger charge is -2.23. The van der Waals surface area contributed by atoms with Gasteiger partial charge < -0.3 is 10.2 Å². The van der Waals surface area contributed by atoms with Crippen molar-refractivity contribution in [2.24, 2.45) is 12.0 Å². The molecule has 0 amide bonds. The molecule has 0 bridgehead atoms. The molecule has 1 saturated heterocycles. The molecule has 0 radical (unpaired) electrons. The average molecular weight is 497 g/mol. The molecule has 1 unspecified atom stereocenters. The zero-order valence-electron chi connectivity index (χ0n) is 16.6. The highest BCUT2D eigenvalue weighted by Crippen LogP contribution is 2.48. The van der Waals surface area contributed by atoms with E-state index in [9.17, 15) is 4.39 Å². The molecule has 1 aliphatic carbocycles. The smallest absolute Gasteiger partial charge is 0.193 e. The van der Waals surface area contributed by atoms with Crippen LogP contribution in [0.1, 0.15) is 43.2 Å². The summed E-state index contributed by atoms with van der Waals surface area (Å²) in [7, 11) is 1.96. The number of nitrogens with one attached hydrogen (secondary N) is 1. The third-order valence-corrected chi connectivity index (χ3v) is 5.84. The predicted octanol–water partition coefficient (Wildman–Crippen LogP) is 3.66. The summed E-state index contributed by atoms with van der Waals surface area (Å²) in [4.78, 5) is 7.31. The Kier molecular flexibility index (Phi) is 6.62. The first-order valence-corrected chi connectivity index (χ1v) is 9.87. The van der Waals surface area contributed by atoms with E-state index in [1.54, 1.807) is 12.1 Å². The lowest BCUT2D eigenvalue weighted by atomic mass is 9.96. The molecule has 1 aromatic heterocycles. The van der Waals surface area contributed by atoms with Gasteiger partial charge in [-0.2, -0.15) is 5.10 Å². The monoisotopic (exact) mass is 497 g/mol. The van der Waals surface area contributed by atoms with Crippen LogP contribution in [0.3, 0.4) is 0 Å². The molecule has 152 valence electrons. The summed E-state index contributed by atoms with van der Waals surface area (Å²) in [5.41, 5.74) is 2.40. The number of aliphatic imine (C=N–C) groups is 1. The molecule has 2 fully saturated rings. The number of rotatable bonds is 5. The van der Waals surface area contributed by atoms with Gasteiger partial charge in [0.05, 0.1) is 12.7 Å². The second-order valence-corrected chi connectivity index (χ2v) is 7.84. The second-order valence-electron chi connectivity index (χ2n) is 7.84. The van der Waals surface area contributed by atoms with Crippen LogP contribution in [-0.4, -0.2) is 46.8 Å². The molecule has 2 aromatic rings. The van der Waals surface area contributed by atoms with Gasteiger partial charge in [-0.3, -0.25) is 9.67 Å². The number of aryl methyl sites for hydroxylation is 1. The maximum absolute atomic E-state index is 13.6. The van der Waals surface area contributed by atoms with Crippen LogP contribution in [-0.2, 0) is 12.5 Å². The highest BCUT2D eigenvalue weighted by molar-refractivity contribution is 14.0. The molecule has 5 nitrogen and oxygen atoms in total. The van der Waals surface area contributed by atoms with Crippen molar-refractivity contribution in [3.05, 3.63) is 53.6 Å². The SMILES string of the molecule is CCNC(=NCC1(c2cccc(F)c2)CC1)N1CCC(c2cnn(C)c2)C1.I. The number of aromatic nitrogens is 2. The molecule has 1 atom stereocenters. The average Bonchev–Trinajstić information content (AvgIpc) is 3.07. The second kappa shape index (κ2) is 8.80. The summed E-state index contributed by atoms with van der Waals surface area (Å²) in [6.45, 7) is 5.62. The van der Waals surface area contributed by atoms with Crippen LogP contribution < -0.4 is 5.32 Å². The van der Waals surface area contributed by atoms with Gasteiger partial charge in [-0.15, -0.1) is 24.0 Å². The Balaban J connectivity index is 0.00000225. The van der Waals surface area contributed by atoms with Gasteiger partial charge >= 0.3 is 0 Å². The number of likely N-dealkylation sites (tertiary alicyclic amines) is 1. The molecule has 0 spiro atoms. The molecule has 2 heterocycles. The van der Waals surface area contributed by atoms with Gasteiger partial charge in [0.15, 0.2) is 5.96 Å². The third kappa shape index (κ3) is 4.50. The summed E-state index contributed by atoms with van der Waals surface area (Å²) in [6.07, 6.45) is 7.36. The fourth-order valence-corrected chi connectivity index (χ4v) is 4.04. The maximum Gasteiger partial charge on any atom is 0.193 e. The lowest BCUT2D eigenvalue weighted by Crippen LogP contribution is -2.40. The van der Waals surface area contributed by atoms with E-state index in [2.05, 4.69) is 28.4 Å². The largest absolute Gasteiger partial charge is 0.357 e. The van der Waals surface area contributed by atoms with Crippen molar-refractivity contribution in [1.82, 2.24) is 20.0 Å². The molecule has 28 heavy (non-hydrogen) atoms. The van der Waals surface area contributed by atoms with Crippen molar-refractivity contribution < 1.29 is 4.39 Å². The van der Waals surface area contributed by atoms with Gasteiger partial charge in [0.25, 0.3) is 0 Å². The van der Waals surface area contributed by atoms with E-state index in [1.807, 2.05) is 24.0 Å². The van der Waals surface area contributed by atoms with Crippen molar-refractivity contribution >= 4 is 29.9 Å². The number of halogens is 2. The van der Waals surface area contributed by atoms with Crippen LogP contribution in [0.15, 0.2) is 41.7 Å². The molecule has 7 heteroatoms. The summed E-state index contributed by atoms with van der Waals surface area (Å²) in [6, 6.07) is 7.02. The molecular weight excluding hydrogens is 468 g/mol. The van der Waals surface area contributed by atoms with Gasteiger partial charge in [0, 0.05) is 44.2 Å². The standard InChI is InChI=1S/C21H28FN5.HI/c1-3-23-20(27-10-7-16(14-27)17-12-25-26(2)13-17)24-15-21(8-9-21)18-5-4-6-19(22)11-18;/h4-6,11-13,16H,3,7-10,14-15H2,1-2H3,(H,23,24);1H. The van der Waals surface area contributed by atoms with Gasteiger partial charge in [-0.05, 0) is 49.4 Å². The zero-order valence-corrected chi connectivity index (χ0v) is 18.9. The van der Waals surface area contributed by atoms with Crippen LogP contribution in [0, 0.1) is 5.82 Å². The minimum Gasteiger partial charge on any atom is -0.357 e. The Morgan fingerprint density at radius 1 is 1.39 bits per heavy atom. The Morgan fingerprint density at radius 2 is 2.21 bits per heavy atom. The summed E-state index contributed by atoms with van der Waals surface area (Å²) < 4.78 is 15.5. The van der Waals surface area contributed by atoms with E-state index in [-0.39, 0.29) is 35.2 Å². The van der Waals surface area contributed by atoms with E-state index in [0.717, 1.165) is 50.4 Å². The summed E-state index contributed by atoms with van der Waals surface area (Å²) >= 11 is 0. The Hall–Kier alpha value is -1.64. The van der Waals surface area contributed by atoms with Crippen molar-refractivity contribution in [3.63, 3.8) is 0 Å². The first-order valence-electron chi connectivity index (χ1n) is 9.87. The third-order valence-electron chi connectivity index (χ3n) is 5.84. The van der Waals surface area contributed by atoms with Crippen LogP contribution >= 0.6 is 24.0 Å². The highest BCUT2D eigenvalue weighted by atomic mass is 127. The van der Waals surface area contributed by atoms with Crippen LogP contribution in [0.5, 0.6) is 0 Å². The molecule has 2 aliphatic rings. The fraction of sp³-hybridized carbons (Fsp3) is 0.524. The van der Waals surface area contributed by atoms with Crippen LogP contribution in [0.2, 0.25) is 0 Å². The van der Waals surface area contributed by atoms with Gasteiger partial charge in [-0.25, -0.2) is 4.39 Å². The predicted molar refractivity (Wildman–Crippen MR) is 121 cm³/mol. The summed E-state index contributed by atoms with van der Waals surface area (Å²) in [5.74, 6) is 1.32. The first-order chi connectivity index (χ1) is 13.1. The zero-order chi connectivity index (χ0) is 18.9. The Morgan fingerprint density at radius 3 is 2.86 bits per heavy atom. The highest BCUT2D eigenvalue weighted by Gasteiger charge is 2.44. The van der Waals surface area contributed by atoms with Crippen molar-refractivity contribution in [2.75, 3.05) is 26.2 Å². The van der Waals surface area contributed by atoms with Crippen molar-refractivity contribution in [1.29, 1.82) is 0 Å². The minimum atomic E-state index is -0.159. The van der Waals surface area contributed by atoms with E-state index < -0.39 is 0 Å². The number of hydrogen-bond acceptors (Lipinski definition) is 2. The maximum atomic E-state index is 13.6. The number of benzene rings is 1. The Labute approximate surface area is 183 Å². The quantitative estimate of drug-likeness (QED) is 0.390.